The highest BCUT2D eigenvalue weighted by atomic mass is 16.4. The number of aromatic nitrogens is 1. The number of rotatable bonds is 5. The van der Waals surface area contributed by atoms with Crippen LogP contribution in [0.1, 0.15) is 28.4 Å². The Morgan fingerprint density at radius 1 is 1.19 bits per heavy atom. The molecule has 1 aromatic carbocycles. The third kappa shape index (κ3) is 2.97. The van der Waals surface area contributed by atoms with Crippen LogP contribution in [-0.4, -0.2) is 27.6 Å². The highest BCUT2D eigenvalue weighted by Gasteiger charge is 2.39. The van der Waals surface area contributed by atoms with Crippen molar-refractivity contribution in [3.63, 3.8) is 0 Å². The van der Waals surface area contributed by atoms with Crippen LogP contribution in [0.3, 0.4) is 0 Å². The number of carbonyl (C=O) groups is 2. The summed E-state index contributed by atoms with van der Waals surface area (Å²) in [5, 5.41) is 12.0. The van der Waals surface area contributed by atoms with Gasteiger partial charge < -0.3 is 15.0 Å². The summed E-state index contributed by atoms with van der Waals surface area (Å²) in [6, 6.07) is 13.3. The molecule has 2 unspecified atom stereocenters. The molecule has 3 rings (SSSR count). The van der Waals surface area contributed by atoms with Crippen LogP contribution >= 0.6 is 0 Å². The van der Waals surface area contributed by atoms with Gasteiger partial charge in [-0.15, -0.1) is 0 Å². The Balaban J connectivity index is 1.56. The molecule has 0 saturated heterocycles. The van der Waals surface area contributed by atoms with Crippen molar-refractivity contribution in [1.82, 2.24) is 9.88 Å². The highest BCUT2D eigenvalue weighted by Crippen LogP contribution is 2.40. The van der Waals surface area contributed by atoms with E-state index in [4.69, 9.17) is 5.11 Å². The molecule has 0 spiro atoms. The normalized spacial score (nSPS) is 20.0. The first-order valence-electron chi connectivity index (χ1n) is 6.88. The maximum atomic E-state index is 12.0. The molecule has 108 valence electrons. The predicted molar refractivity (Wildman–Crippen MR) is 77.1 cm³/mol. The largest absolute Gasteiger partial charge is 0.477 e. The molecular formula is C16H16N2O3. The first-order chi connectivity index (χ1) is 10.1. The minimum absolute atomic E-state index is 0.0344. The van der Waals surface area contributed by atoms with E-state index in [9.17, 15) is 9.59 Å². The van der Waals surface area contributed by atoms with E-state index in [1.54, 1.807) is 12.3 Å². The zero-order valence-corrected chi connectivity index (χ0v) is 11.4. The molecule has 2 atom stereocenters. The van der Waals surface area contributed by atoms with E-state index in [2.05, 4.69) is 17.4 Å². The lowest BCUT2D eigenvalue weighted by atomic mass is 10.1. The second-order valence-corrected chi connectivity index (χ2v) is 5.25. The van der Waals surface area contributed by atoms with Crippen LogP contribution in [0.15, 0.2) is 48.7 Å². The molecule has 1 aliphatic carbocycles. The van der Waals surface area contributed by atoms with Gasteiger partial charge in [0.05, 0.1) is 0 Å². The van der Waals surface area contributed by atoms with Crippen LogP contribution < -0.4 is 5.32 Å². The molecule has 21 heavy (non-hydrogen) atoms. The van der Waals surface area contributed by atoms with Crippen LogP contribution in [0.5, 0.6) is 0 Å². The van der Waals surface area contributed by atoms with E-state index in [1.165, 1.54) is 16.2 Å². The number of aromatic carboxylic acids is 1. The van der Waals surface area contributed by atoms with Crippen molar-refractivity contribution in [2.24, 2.45) is 0 Å². The maximum absolute atomic E-state index is 12.0. The topological polar surface area (TPSA) is 71.3 Å². The molecule has 2 aromatic rings. The minimum Gasteiger partial charge on any atom is -0.477 e. The van der Waals surface area contributed by atoms with Crippen LogP contribution in [-0.2, 0) is 11.3 Å². The summed E-state index contributed by atoms with van der Waals surface area (Å²) in [5.41, 5.74) is 1.36. The second kappa shape index (κ2) is 5.44. The average Bonchev–Trinajstić information content (AvgIpc) is 3.06. The molecule has 2 N–H and O–H groups in total. The lowest BCUT2D eigenvalue weighted by Crippen LogP contribution is -2.30. The molecule has 5 nitrogen and oxygen atoms in total. The summed E-state index contributed by atoms with van der Waals surface area (Å²) >= 11 is 0. The second-order valence-electron chi connectivity index (χ2n) is 5.25. The van der Waals surface area contributed by atoms with Gasteiger partial charge in [-0.1, -0.05) is 30.3 Å². The Hall–Kier alpha value is -2.56. The summed E-state index contributed by atoms with van der Waals surface area (Å²) in [7, 11) is 0. The summed E-state index contributed by atoms with van der Waals surface area (Å²) in [4.78, 5) is 23.0. The molecule has 1 amide bonds. The number of amides is 1. The first kappa shape index (κ1) is 13.4. The summed E-state index contributed by atoms with van der Waals surface area (Å²) in [5.74, 6) is -0.808. The van der Waals surface area contributed by atoms with Crippen molar-refractivity contribution >= 4 is 11.9 Å². The molecule has 5 heteroatoms. The number of hydrogen-bond acceptors (Lipinski definition) is 2. The Labute approximate surface area is 122 Å². The van der Waals surface area contributed by atoms with Crippen molar-refractivity contribution in [3.05, 3.63) is 59.9 Å². The monoisotopic (exact) mass is 284 g/mol. The van der Waals surface area contributed by atoms with Gasteiger partial charge in [-0.05, 0) is 24.1 Å². The smallest absolute Gasteiger partial charge is 0.352 e. The van der Waals surface area contributed by atoms with Crippen molar-refractivity contribution < 1.29 is 14.7 Å². The van der Waals surface area contributed by atoms with Gasteiger partial charge in [-0.3, -0.25) is 4.79 Å². The van der Waals surface area contributed by atoms with Gasteiger partial charge in [0.15, 0.2) is 0 Å². The van der Waals surface area contributed by atoms with Gasteiger partial charge in [-0.25, -0.2) is 4.79 Å². The first-order valence-corrected chi connectivity index (χ1v) is 6.88. The zero-order chi connectivity index (χ0) is 14.8. The molecule has 1 fully saturated rings. The van der Waals surface area contributed by atoms with E-state index in [-0.39, 0.29) is 24.2 Å². The van der Waals surface area contributed by atoms with E-state index in [1.807, 2.05) is 18.2 Å². The van der Waals surface area contributed by atoms with Gasteiger partial charge in [-0.2, -0.15) is 0 Å². The SMILES string of the molecule is O=C(Cn1cccc1C(=O)O)NC1CC1c1ccccc1. The number of carboxylic acids is 1. The summed E-state index contributed by atoms with van der Waals surface area (Å²) in [6.07, 6.45) is 2.54. The summed E-state index contributed by atoms with van der Waals surface area (Å²) in [6.45, 7) is 0.0344. The van der Waals surface area contributed by atoms with Crippen LogP contribution in [0, 0.1) is 0 Å². The summed E-state index contributed by atoms with van der Waals surface area (Å²) < 4.78 is 1.44. The molecule has 1 heterocycles. The molecule has 1 saturated carbocycles. The van der Waals surface area contributed by atoms with Gasteiger partial charge in [0, 0.05) is 18.2 Å². The number of nitrogens with zero attached hydrogens (tertiary/aromatic N) is 1. The van der Waals surface area contributed by atoms with E-state index in [0.717, 1.165) is 6.42 Å². The number of benzene rings is 1. The zero-order valence-electron chi connectivity index (χ0n) is 11.4. The van der Waals surface area contributed by atoms with E-state index in [0.29, 0.717) is 5.92 Å². The molecule has 1 aromatic heterocycles. The van der Waals surface area contributed by atoms with Crippen LogP contribution in [0.4, 0.5) is 0 Å². The molecule has 1 aliphatic rings. The predicted octanol–water partition coefficient (Wildman–Crippen LogP) is 1.86. The third-order valence-corrected chi connectivity index (χ3v) is 3.73. The highest BCUT2D eigenvalue weighted by molar-refractivity contribution is 5.87. The van der Waals surface area contributed by atoms with Crippen LogP contribution in [0.2, 0.25) is 0 Å². The minimum atomic E-state index is -1.03. The number of hydrogen-bond donors (Lipinski definition) is 2. The lowest BCUT2D eigenvalue weighted by Gasteiger charge is -2.08. The van der Waals surface area contributed by atoms with Gasteiger partial charge in [0.2, 0.25) is 5.91 Å². The Kier molecular flexibility index (Phi) is 3.48. The quantitative estimate of drug-likeness (QED) is 0.880. The van der Waals surface area contributed by atoms with Gasteiger partial charge in [0.25, 0.3) is 0 Å². The van der Waals surface area contributed by atoms with Gasteiger partial charge >= 0.3 is 5.97 Å². The lowest BCUT2D eigenvalue weighted by molar-refractivity contribution is -0.121. The van der Waals surface area contributed by atoms with Crippen LogP contribution in [0.25, 0.3) is 0 Å². The fourth-order valence-corrected chi connectivity index (χ4v) is 2.58. The molecule has 0 radical (unpaired) electrons. The van der Waals surface area contributed by atoms with Crippen molar-refractivity contribution in [1.29, 1.82) is 0 Å². The Bertz CT molecular complexity index is 663. The van der Waals surface area contributed by atoms with E-state index >= 15 is 0 Å². The van der Waals surface area contributed by atoms with E-state index < -0.39 is 5.97 Å². The fourth-order valence-electron chi connectivity index (χ4n) is 2.58. The Morgan fingerprint density at radius 3 is 2.67 bits per heavy atom. The Morgan fingerprint density at radius 2 is 1.95 bits per heavy atom. The standard InChI is InChI=1S/C16H16N2O3/c19-15(10-18-8-4-7-14(18)16(20)21)17-13-9-12(13)11-5-2-1-3-6-11/h1-8,12-13H,9-10H2,(H,17,19)(H,20,21). The number of carbonyl (C=O) groups excluding carboxylic acids is 1. The molecular weight excluding hydrogens is 268 g/mol. The fraction of sp³-hybridized carbons (Fsp3) is 0.250. The number of nitrogens with one attached hydrogen (secondary N) is 1. The molecule has 0 bridgehead atoms. The number of carboxylic acid groups (broad SMARTS) is 1. The van der Waals surface area contributed by atoms with Crippen molar-refractivity contribution in [3.8, 4) is 0 Å². The van der Waals surface area contributed by atoms with Crippen molar-refractivity contribution in [2.75, 3.05) is 0 Å². The average molecular weight is 284 g/mol. The van der Waals surface area contributed by atoms with Crippen molar-refractivity contribution in [2.45, 2.75) is 24.9 Å². The third-order valence-electron chi connectivity index (χ3n) is 3.73. The van der Waals surface area contributed by atoms with Gasteiger partial charge in [0.1, 0.15) is 12.2 Å². The maximum Gasteiger partial charge on any atom is 0.352 e. The molecule has 0 aliphatic heterocycles.